The lowest BCUT2D eigenvalue weighted by atomic mass is 10.1. The van der Waals surface area contributed by atoms with Gasteiger partial charge in [-0.25, -0.2) is 18.3 Å². The Balaban J connectivity index is 1.81. The highest BCUT2D eigenvalue weighted by Gasteiger charge is 2.58. The Labute approximate surface area is 213 Å². The largest absolute Gasteiger partial charge is 0.462 e. The molecule has 0 saturated carbocycles. The number of ether oxygens (including phenoxy) is 2. The average Bonchev–Trinajstić information content (AvgIpc) is 3.01. The molecule has 1 aliphatic rings. The van der Waals surface area contributed by atoms with E-state index in [0.717, 1.165) is 12.3 Å². The van der Waals surface area contributed by atoms with Gasteiger partial charge in [-0.1, -0.05) is 18.2 Å². The van der Waals surface area contributed by atoms with Crippen molar-refractivity contribution in [3.8, 4) is 5.75 Å². The Morgan fingerprint density at radius 2 is 1.97 bits per heavy atom. The molecule has 6 atom stereocenters. The molecule has 0 aliphatic carbocycles. The minimum atomic E-state index is -4.34. The summed E-state index contributed by atoms with van der Waals surface area (Å²) in [6, 6.07) is 7.75. The molecule has 12 nitrogen and oxygen atoms in total. The van der Waals surface area contributed by atoms with Crippen LogP contribution in [0.25, 0.3) is 0 Å². The van der Waals surface area contributed by atoms with E-state index in [1.54, 1.807) is 32.0 Å². The SMILES string of the molecule is CC(C)OC(=O)[C@H](C)N[P@](=O)(OC[C@H]1O[C@@H](n2c(=O)cc[nH]c2=O)[C@@](F)(Br)[C@@H]1O)Oc1ccccc1. The number of nitrogens with one attached hydrogen (secondary N) is 2. The number of aromatic nitrogens is 2. The van der Waals surface area contributed by atoms with Crippen LogP contribution in [0.4, 0.5) is 4.39 Å². The zero-order valence-electron chi connectivity index (χ0n) is 19.5. The van der Waals surface area contributed by atoms with Crippen LogP contribution < -0.4 is 20.9 Å². The summed E-state index contributed by atoms with van der Waals surface area (Å²) in [5, 5.41) is 13.0. The third-order valence-corrected chi connectivity index (χ3v) is 7.44. The van der Waals surface area contributed by atoms with E-state index in [-0.39, 0.29) is 5.75 Å². The van der Waals surface area contributed by atoms with Crippen LogP contribution in [0.1, 0.15) is 27.0 Å². The van der Waals surface area contributed by atoms with Crippen LogP contribution in [0, 0.1) is 0 Å². The molecule has 3 rings (SSSR count). The van der Waals surface area contributed by atoms with Crippen LogP contribution in [-0.2, 0) is 23.4 Å². The number of esters is 1. The van der Waals surface area contributed by atoms with Gasteiger partial charge in [0.15, 0.2) is 6.23 Å². The molecule has 3 N–H and O–H groups in total. The second-order valence-electron chi connectivity index (χ2n) is 8.17. The third-order valence-electron chi connectivity index (χ3n) is 4.94. The molecular weight excluding hydrogens is 568 g/mol. The van der Waals surface area contributed by atoms with Gasteiger partial charge >= 0.3 is 19.4 Å². The maximum atomic E-state index is 15.4. The number of aromatic amines is 1. The fourth-order valence-corrected chi connectivity index (χ4v) is 5.36. The molecule has 0 spiro atoms. The first-order valence-electron chi connectivity index (χ1n) is 10.8. The highest BCUT2D eigenvalue weighted by Crippen LogP contribution is 2.49. The Hall–Kier alpha value is -2.35. The Morgan fingerprint density at radius 1 is 1.31 bits per heavy atom. The standard InChI is InChI=1S/C21H26BrFN3O9P/c1-12(2)33-18(29)13(3)25-36(31,35-14-7-5-4-6-8-14)32-11-15-17(28)21(22,23)19(34-15)26-16(27)9-10-24-20(26)30/h4-10,12-13,15,17,19,28H,11H2,1-3H3,(H,24,30)(H,25,31)/t13-,15+,17+,19+,21+,36-/m0/s1. The molecule has 36 heavy (non-hydrogen) atoms. The van der Waals surface area contributed by atoms with Gasteiger partial charge in [0.1, 0.15) is 24.0 Å². The van der Waals surface area contributed by atoms with Crippen molar-refractivity contribution < 1.29 is 37.4 Å². The van der Waals surface area contributed by atoms with Gasteiger partial charge in [0, 0.05) is 12.3 Å². The number of aliphatic hydroxyl groups excluding tert-OH is 1. The van der Waals surface area contributed by atoms with Crippen molar-refractivity contribution in [1.82, 2.24) is 14.6 Å². The second kappa shape index (κ2) is 11.4. The van der Waals surface area contributed by atoms with Gasteiger partial charge in [0.25, 0.3) is 5.56 Å². The minimum absolute atomic E-state index is 0.131. The lowest BCUT2D eigenvalue weighted by Crippen LogP contribution is -2.45. The fourth-order valence-electron chi connectivity index (χ4n) is 3.25. The van der Waals surface area contributed by atoms with E-state index in [1.807, 2.05) is 0 Å². The van der Waals surface area contributed by atoms with E-state index in [9.17, 15) is 24.1 Å². The monoisotopic (exact) mass is 593 g/mol. The van der Waals surface area contributed by atoms with Crippen LogP contribution >= 0.6 is 23.7 Å². The number of rotatable bonds is 10. The zero-order valence-corrected chi connectivity index (χ0v) is 22.0. The van der Waals surface area contributed by atoms with Crippen LogP contribution in [-0.4, -0.2) is 56.2 Å². The van der Waals surface area contributed by atoms with E-state index < -0.39 is 66.7 Å². The number of halogens is 2. The first-order chi connectivity index (χ1) is 16.8. The van der Waals surface area contributed by atoms with E-state index in [2.05, 4.69) is 26.0 Å². The molecule has 1 saturated heterocycles. The number of carbonyl (C=O) groups excluding carboxylic acids is 1. The number of aliphatic hydroxyl groups is 1. The van der Waals surface area contributed by atoms with Gasteiger partial charge in [0.2, 0.25) is 4.58 Å². The van der Waals surface area contributed by atoms with Crippen LogP contribution in [0.15, 0.2) is 52.2 Å². The highest BCUT2D eigenvalue weighted by molar-refractivity contribution is 9.10. The summed E-state index contributed by atoms with van der Waals surface area (Å²) in [7, 11) is -4.34. The number of carbonyl (C=O) groups is 1. The second-order valence-corrected chi connectivity index (χ2v) is 11.1. The third kappa shape index (κ3) is 6.50. The molecular formula is C21H26BrFN3O9P. The fraction of sp³-hybridized carbons (Fsp3) is 0.476. The van der Waals surface area contributed by atoms with Crippen molar-refractivity contribution in [2.75, 3.05) is 6.61 Å². The summed E-state index contributed by atoms with van der Waals surface area (Å²) in [5.41, 5.74) is -1.85. The van der Waals surface area contributed by atoms with Gasteiger partial charge in [-0.05, 0) is 48.8 Å². The first kappa shape index (κ1) is 28.2. The molecule has 1 fully saturated rings. The Bertz CT molecular complexity index is 1190. The lowest BCUT2D eigenvalue weighted by molar-refractivity contribution is -0.149. The maximum Gasteiger partial charge on any atom is 0.459 e. The highest BCUT2D eigenvalue weighted by atomic mass is 79.9. The molecule has 0 unspecified atom stereocenters. The Morgan fingerprint density at radius 3 is 2.58 bits per heavy atom. The van der Waals surface area contributed by atoms with Crippen molar-refractivity contribution in [1.29, 1.82) is 0 Å². The Kier molecular flexibility index (Phi) is 8.91. The predicted molar refractivity (Wildman–Crippen MR) is 128 cm³/mol. The quantitative estimate of drug-likeness (QED) is 0.211. The van der Waals surface area contributed by atoms with E-state index in [4.69, 9.17) is 18.5 Å². The predicted octanol–water partition coefficient (Wildman–Crippen LogP) is 1.99. The normalized spacial score (nSPS) is 26.4. The van der Waals surface area contributed by atoms with Crippen LogP contribution in [0.2, 0.25) is 0 Å². The topological polar surface area (TPSA) is 158 Å². The summed E-state index contributed by atoms with van der Waals surface area (Å²) in [5.74, 6) is -0.597. The zero-order chi connectivity index (χ0) is 26.7. The molecule has 2 aromatic rings. The van der Waals surface area contributed by atoms with Crippen molar-refractivity contribution in [2.45, 2.75) is 55.9 Å². The van der Waals surface area contributed by atoms with E-state index in [1.165, 1.54) is 19.1 Å². The van der Waals surface area contributed by atoms with Crippen molar-refractivity contribution in [3.63, 3.8) is 0 Å². The molecule has 1 aromatic heterocycles. The molecule has 1 aliphatic heterocycles. The number of hydrogen-bond acceptors (Lipinski definition) is 9. The lowest BCUT2D eigenvalue weighted by Gasteiger charge is -2.25. The summed E-state index contributed by atoms with van der Waals surface area (Å²) in [6.45, 7) is 3.95. The molecule has 2 heterocycles. The number of benzene rings is 1. The summed E-state index contributed by atoms with van der Waals surface area (Å²) in [6.07, 6.45) is -4.69. The molecule has 15 heteroatoms. The van der Waals surface area contributed by atoms with Crippen LogP contribution in [0.5, 0.6) is 5.75 Å². The summed E-state index contributed by atoms with van der Waals surface area (Å²) in [4.78, 5) is 38.7. The van der Waals surface area contributed by atoms with Crippen LogP contribution in [0.3, 0.4) is 0 Å². The van der Waals surface area contributed by atoms with E-state index in [0.29, 0.717) is 4.57 Å². The van der Waals surface area contributed by atoms with Crippen molar-refractivity contribution in [3.05, 3.63) is 63.4 Å². The maximum absolute atomic E-state index is 15.4. The van der Waals surface area contributed by atoms with Crippen molar-refractivity contribution >= 4 is 29.6 Å². The van der Waals surface area contributed by atoms with Gasteiger partial charge in [-0.2, -0.15) is 5.09 Å². The van der Waals surface area contributed by atoms with Gasteiger partial charge in [0.05, 0.1) is 12.7 Å². The van der Waals surface area contributed by atoms with Crippen molar-refractivity contribution in [2.24, 2.45) is 0 Å². The molecule has 198 valence electrons. The van der Waals surface area contributed by atoms with Gasteiger partial charge < -0.3 is 24.1 Å². The number of alkyl halides is 2. The molecule has 1 aromatic carbocycles. The summed E-state index contributed by atoms with van der Waals surface area (Å²) < 4.78 is 48.0. The number of hydrogen-bond donors (Lipinski definition) is 3. The first-order valence-corrected chi connectivity index (χ1v) is 13.2. The average molecular weight is 594 g/mol. The van der Waals surface area contributed by atoms with Gasteiger partial charge in [-0.3, -0.25) is 14.1 Å². The molecule has 0 radical (unpaired) electrons. The molecule has 0 bridgehead atoms. The number of H-pyrrole nitrogens is 1. The smallest absolute Gasteiger partial charge is 0.459 e. The number of para-hydroxylation sites is 1. The van der Waals surface area contributed by atoms with E-state index >= 15 is 4.39 Å². The molecule has 0 amide bonds. The summed E-state index contributed by atoms with van der Waals surface area (Å²) >= 11 is 2.69. The minimum Gasteiger partial charge on any atom is -0.462 e. The number of nitrogens with zero attached hydrogens (tertiary/aromatic N) is 1. The van der Waals surface area contributed by atoms with Gasteiger partial charge in [-0.15, -0.1) is 0 Å².